The van der Waals surface area contributed by atoms with E-state index in [1.807, 2.05) is 48.0 Å². The Labute approximate surface area is 164 Å². The largest absolute Gasteiger partial charge is 0.384 e. The first-order valence-electron chi connectivity index (χ1n) is 8.90. The molecule has 1 aromatic carbocycles. The zero-order valence-electron chi connectivity index (χ0n) is 15.3. The zero-order chi connectivity index (χ0) is 20.3. The second kappa shape index (κ2) is 5.90. The van der Waals surface area contributed by atoms with Gasteiger partial charge in [0.15, 0.2) is 0 Å². The number of carbonyl (C=O) groups is 2. The monoisotopic (exact) mass is 385 g/mol. The van der Waals surface area contributed by atoms with Gasteiger partial charge in [-0.05, 0) is 36.8 Å². The molecule has 1 aliphatic heterocycles. The van der Waals surface area contributed by atoms with Crippen LogP contribution in [0.5, 0.6) is 0 Å². The summed E-state index contributed by atoms with van der Waals surface area (Å²) in [6, 6.07) is 12.2. The Kier molecular flexibility index (Phi) is 3.44. The van der Waals surface area contributed by atoms with Crippen molar-refractivity contribution < 1.29 is 9.59 Å². The molecule has 2 amide bonds. The fourth-order valence-corrected chi connectivity index (χ4v) is 3.55. The first kappa shape index (κ1) is 16.9. The standard InChI is InChI=1S/C21H15N5O3/c1-11-6-7-25-10-15(23-16(25)8-11)12-2-4-13(5-3-12)26-17(27)9-14-18(19(26)22)21(29)24-20(14)28/h2-10H,22H2,1H3,(H,24,28,29). The van der Waals surface area contributed by atoms with Crippen molar-refractivity contribution in [3.63, 3.8) is 0 Å². The van der Waals surface area contributed by atoms with Crippen LogP contribution >= 0.6 is 0 Å². The number of rotatable bonds is 2. The number of benzene rings is 1. The molecule has 0 radical (unpaired) electrons. The van der Waals surface area contributed by atoms with Gasteiger partial charge in [-0.1, -0.05) is 12.1 Å². The summed E-state index contributed by atoms with van der Waals surface area (Å²) in [6.45, 7) is 2.01. The highest BCUT2D eigenvalue weighted by Gasteiger charge is 2.31. The van der Waals surface area contributed by atoms with Crippen molar-refractivity contribution in [3.05, 3.63) is 81.9 Å². The Hall–Kier alpha value is -4.20. The summed E-state index contributed by atoms with van der Waals surface area (Å²) in [5.74, 6) is -1.28. The van der Waals surface area contributed by atoms with Crippen LogP contribution in [-0.2, 0) is 0 Å². The van der Waals surface area contributed by atoms with Gasteiger partial charge in [0, 0.05) is 24.0 Å². The molecule has 5 rings (SSSR count). The van der Waals surface area contributed by atoms with Gasteiger partial charge in [0.05, 0.1) is 22.5 Å². The van der Waals surface area contributed by atoms with E-state index >= 15 is 0 Å². The summed E-state index contributed by atoms with van der Waals surface area (Å²) >= 11 is 0. The summed E-state index contributed by atoms with van der Waals surface area (Å²) in [6.07, 6.45) is 3.88. The second-order valence-electron chi connectivity index (χ2n) is 6.92. The number of aromatic nitrogens is 3. The first-order valence-corrected chi connectivity index (χ1v) is 8.90. The van der Waals surface area contributed by atoms with Crippen molar-refractivity contribution in [2.24, 2.45) is 0 Å². The first-order chi connectivity index (χ1) is 13.9. The van der Waals surface area contributed by atoms with Crippen molar-refractivity contribution in [2.45, 2.75) is 6.92 Å². The van der Waals surface area contributed by atoms with Crippen LogP contribution in [0, 0.1) is 6.92 Å². The number of imidazole rings is 1. The molecule has 0 fully saturated rings. The Morgan fingerprint density at radius 3 is 2.52 bits per heavy atom. The van der Waals surface area contributed by atoms with Gasteiger partial charge in [0.25, 0.3) is 17.4 Å². The number of hydrogen-bond donors (Lipinski definition) is 2. The molecular formula is C21H15N5O3. The molecule has 4 heterocycles. The Morgan fingerprint density at radius 1 is 1.00 bits per heavy atom. The summed E-state index contributed by atoms with van der Waals surface area (Å²) < 4.78 is 3.16. The highest BCUT2D eigenvalue weighted by Crippen LogP contribution is 2.25. The number of fused-ring (bicyclic) bond motifs is 2. The number of anilines is 1. The number of hydrogen-bond acceptors (Lipinski definition) is 5. The lowest BCUT2D eigenvalue weighted by Crippen LogP contribution is -2.24. The molecule has 29 heavy (non-hydrogen) atoms. The Bertz CT molecular complexity index is 1400. The third kappa shape index (κ3) is 2.53. The van der Waals surface area contributed by atoms with E-state index in [1.54, 1.807) is 12.1 Å². The van der Waals surface area contributed by atoms with Gasteiger partial charge < -0.3 is 10.1 Å². The van der Waals surface area contributed by atoms with E-state index in [0.29, 0.717) is 5.69 Å². The van der Waals surface area contributed by atoms with Crippen molar-refractivity contribution >= 4 is 23.3 Å². The minimum absolute atomic E-state index is 0.00497. The van der Waals surface area contributed by atoms with E-state index in [2.05, 4.69) is 10.3 Å². The molecule has 0 bridgehead atoms. The van der Waals surface area contributed by atoms with Crippen molar-refractivity contribution in [1.29, 1.82) is 0 Å². The maximum absolute atomic E-state index is 12.5. The summed E-state index contributed by atoms with van der Waals surface area (Å²) in [5, 5.41) is 2.16. The van der Waals surface area contributed by atoms with E-state index < -0.39 is 17.4 Å². The third-order valence-corrected chi connectivity index (χ3v) is 4.99. The van der Waals surface area contributed by atoms with Gasteiger partial charge in [0.1, 0.15) is 11.5 Å². The number of nitrogens with one attached hydrogen (secondary N) is 1. The van der Waals surface area contributed by atoms with Crippen molar-refractivity contribution in [2.75, 3.05) is 5.73 Å². The van der Waals surface area contributed by atoms with Crippen molar-refractivity contribution in [3.8, 4) is 16.9 Å². The smallest absolute Gasteiger partial charge is 0.262 e. The van der Waals surface area contributed by atoms with Crippen LogP contribution in [0.4, 0.5) is 5.82 Å². The average Bonchev–Trinajstić information content (AvgIpc) is 3.22. The van der Waals surface area contributed by atoms with Crippen molar-refractivity contribution in [1.82, 2.24) is 19.3 Å². The van der Waals surface area contributed by atoms with E-state index in [4.69, 9.17) is 5.73 Å². The molecule has 4 aromatic rings. The Balaban J connectivity index is 1.59. The number of carbonyl (C=O) groups excluding carboxylic acids is 2. The number of amides is 2. The topological polar surface area (TPSA) is 111 Å². The van der Waals surface area contributed by atoms with Crippen LogP contribution < -0.4 is 16.6 Å². The molecule has 0 aliphatic carbocycles. The molecule has 0 saturated carbocycles. The molecule has 8 nitrogen and oxygen atoms in total. The predicted molar refractivity (Wildman–Crippen MR) is 107 cm³/mol. The maximum atomic E-state index is 12.5. The molecule has 8 heteroatoms. The quantitative estimate of drug-likeness (QED) is 0.512. The van der Waals surface area contributed by atoms with Crippen LogP contribution in [-0.4, -0.2) is 25.8 Å². The molecule has 3 aromatic heterocycles. The lowest BCUT2D eigenvalue weighted by molar-refractivity contribution is 0.0880. The molecular weight excluding hydrogens is 370 g/mol. The Morgan fingerprint density at radius 2 is 1.76 bits per heavy atom. The van der Waals surface area contributed by atoms with Gasteiger partial charge in [0.2, 0.25) is 0 Å². The summed E-state index contributed by atoms with van der Waals surface area (Å²) in [4.78, 5) is 40.9. The van der Waals surface area contributed by atoms with Crippen LogP contribution in [0.2, 0.25) is 0 Å². The molecule has 0 saturated heterocycles. The van der Waals surface area contributed by atoms with E-state index in [1.165, 1.54) is 4.57 Å². The second-order valence-corrected chi connectivity index (χ2v) is 6.92. The molecule has 0 atom stereocenters. The highest BCUT2D eigenvalue weighted by atomic mass is 16.2. The average molecular weight is 385 g/mol. The van der Waals surface area contributed by atoms with E-state index in [9.17, 15) is 14.4 Å². The summed E-state index contributed by atoms with van der Waals surface area (Å²) in [5.41, 5.74) is 9.74. The van der Waals surface area contributed by atoms with Gasteiger partial charge in [-0.2, -0.15) is 0 Å². The highest BCUT2D eigenvalue weighted by molar-refractivity contribution is 6.23. The molecule has 1 aliphatic rings. The number of nitrogen functional groups attached to an aromatic ring is 1. The lowest BCUT2D eigenvalue weighted by atomic mass is 10.1. The number of aryl methyl sites for hydroxylation is 1. The minimum Gasteiger partial charge on any atom is -0.384 e. The minimum atomic E-state index is -0.613. The molecule has 3 N–H and O–H groups in total. The van der Waals surface area contributed by atoms with Gasteiger partial charge in [-0.25, -0.2) is 4.98 Å². The number of nitrogens with two attached hydrogens (primary N) is 1. The summed E-state index contributed by atoms with van der Waals surface area (Å²) in [7, 11) is 0. The van der Waals surface area contributed by atoms with Crippen LogP contribution in [0.15, 0.2) is 59.7 Å². The molecule has 0 unspecified atom stereocenters. The molecule has 142 valence electrons. The van der Waals surface area contributed by atoms with Gasteiger partial charge in [-0.15, -0.1) is 0 Å². The van der Waals surface area contributed by atoms with Gasteiger partial charge >= 0.3 is 0 Å². The van der Waals surface area contributed by atoms with E-state index in [0.717, 1.165) is 28.5 Å². The zero-order valence-corrected chi connectivity index (χ0v) is 15.3. The SMILES string of the molecule is Cc1ccn2cc(-c3ccc(-n4c(N)c5c(cc4=O)C(=O)NC5=O)cc3)nc2c1. The number of pyridine rings is 2. The van der Waals surface area contributed by atoms with Crippen LogP contribution in [0.25, 0.3) is 22.6 Å². The number of nitrogens with zero attached hydrogens (tertiary/aromatic N) is 3. The number of imide groups is 1. The third-order valence-electron chi connectivity index (χ3n) is 4.99. The lowest BCUT2D eigenvalue weighted by Gasteiger charge is -2.12. The predicted octanol–water partition coefficient (Wildman–Crippen LogP) is 1.93. The van der Waals surface area contributed by atoms with Crippen LogP contribution in [0.3, 0.4) is 0 Å². The fourth-order valence-electron chi connectivity index (χ4n) is 3.55. The normalized spacial score (nSPS) is 13.0. The van der Waals surface area contributed by atoms with Crippen LogP contribution in [0.1, 0.15) is 26.3 Å². The van der Waals surface area contributed by atoms with Gasteiger partial charge in [-0.3, -0.25) is 24.3 Å². The molecule has 0 spiro atoms. The maximum Gasteiger partial charge on any atom is 0.262 e. The van der Waals surface area contributed by atoms with E-state index in [-0.39, 0.29) is 16.9 Å². The fraction of sp³-hybridized carbons (Fsp3) is 0.0476.